The van der Waals surface area contributed by atoms with Crippen LogP contribution in [0.3, 0.4) is 0 Å². The van der Waals surface area contributed by atoms with E-state index in [2.05, 4.69) is 5.32 Å². The number of ether oxygens (including phenoxy) is 1. The van der Waals surface area contributed by atoms with E-state index in [1.807, 2.05) is 44.2 Å². The van der Waals surface area contributed by atoms with Gasteiger partial charge in [-0.1, -0.05) is 50.2 Å². The number of carbonyl (C=O) groups is 1. The standard InChI is InChI=1S/C28H34N2O6S/c1-20(2)18-30(37(34,35)25-14-12-24(36-3)13-15-25)19-27(32)26(16-21-8-5-4-6-9-21)29-28(33)22-10-7-11-23(31)17-22/h4-15,17,20,26-27,31-32H,16,18-19H2,1-3H3,(H,29,33). The Labute approximate surface area is 218 Å². The Morgan fingerprint density at radius 2 is 1.65 bits per heavy atom. The fraction of sp³-hybridized carbons (Fsp3) is 0.321. The van der Waals surface area contributed by atoms with Crippen molar-refractivity contribution in [2.75, 3.05) is 20.2 Å². The zero-order valence-electron chi connectivity index (χ0n) is 21.2. The number of sulfonamides is 1. The number of hydrogen-bond acceptors (Lipinski definition) is 6. The number of phenols is 1. The molecule has 0 aliphatic carbocycles. The van der Waals surface area contributed by atoms with Crippen LogP contribution in [0.15, 0.2) is 83.8 Å². The van der Waals surface area contributed by atoms with Gasteiger partial charge in [0.05, 0.1) is 24.2 Å². The van der Waals surface area contributed by atoms with Crippen molar-refractivity contribution in [3.63, 3.8) is 0 Å². The summed E-state index contributed by atoms with van der Waals surface area (Å²) in [5, 5.41) is 23.9. The molecule has 0 spiro atoms. The van der Waals surface area contributed by atoms with Crippen LogP contribution in [0.25, 0.3) is 0 Å². The van der Waals surface area contributed by atoms with Crippen molar-refractivity contribution in [3.8, 4) is 11.5 Å². The van der Waals surface area contributed by atoms with Gasteiger partial charge < -0.3 is 20.3 Å². The molecule has 0 radical (unpaired) electrons. The number of methoxy groups -OCH3 is 1. The lowest BCUT2D eigenvalue weighted by Gasteiger charge is -2.31. The molecule has 0 heterocycles. The van der Waals surface area contributed by atoms with Gasteiger partial charge in [-0.2, -0.15) is 4.31 Å². The molecule has 9 heteroatoms. The maximum absolute atomic E-state index is 13.5. The Morgan fingerprint density at radius 3 is 2.24 bits per heavy atom. The van der Waals surface area contributed by atoms with Gasteiger partial charge in [0.2, 0.25) is 10.0 Å². The second-order valence-corrected chi connectivity index (χ2v) is 11.2. The number of aliphatic hydroxyl groups excluding tert-OH is 1. The van der Waals surface area contributed by atoms with Crippen molar-refractivity contribution in [1.82, 2.24) is 9.62 Å². The van der Waals surface area contributed by atoms with E-state index < -0.39 is 28.1 Å². The van der Waals surface area contributed by atoms with Crippen LogP contribution in [0.5, 0.6) is 11.5 Å². The monoisotopic (exact) mass is 526 g/mol. The lowest BCUT2D eigenvalue weighted by Crippen LogP contribution is -2.51. The van der Waals surface area contributed by atoms with Gasteiger partial charge in [0.25, 0.3) is 5.91 Å². The van der Waals surface area contributed by atoms with E-state index in [1.54, 1.807) is 24.3 Å². The van der Waals surface area contributed by atoms with Gasteiger partial charge in [0.1, 0.15) is 11.5 Å². The fourth-order valence-corrected chi connectivity index (χ4v) is 5.58. The molecule has 3 rings (SSSR count). The van der Waals surface area contributed by atoms with Crippen LogP contribution in [-0.2, 0) is 16.4 Å². The zero-order valence-corrected chi connectivity index (χ0v) is 22.1. The fourth-order valence-electron chi connectivity index (χ4n) is 3.96. The molecule has 3 N–H and O–H groups in total. The lowest BCUT2D eigenvalue weighted by molar-refractivity contribution is 0.0775. The third-order valence-electron chi connectivity index (χ3n) is 5.84. The molecule has 0 aliphatic heterocycles. The van der Waals surface area contributed by atoms with Gasteiger partial charge in [0, 0.05) is 18.7 Å². The third-order valence-corrected chi connectivity index (χ3v) is 7.69. The zero-order chi connectivity index (χ0) is 27.0. The first kappa shape index (κ1) is 28.2. The minimum absolute atomic E-state index is 0.00492. The molecule has 198 valence electrons. The van der Waals surface area contributed by atoms with Crippen molar-refractivity contribution in [1.29, 1.82) is 0 Å². The summed E-state index contributed by atoms with van der Waals surface area (Å²) in [5.74, 6) is -0.00698. The van der Waals surface area contributed by atoms with Gasteiger partial charge >= 0.3 is 0 Å². The molecule has 3 aromatic rings. The topological polar surface area (TPSA) is 116 Å². The number of amides is 1. The molecule has 0 saturated carbocycles. The molecular formula is C28H34N2O6S. The van der Waals surface area contributed by atoms with Gasteiger partial charge in [-0.15, -0.1) is 0 Å². The summed E-state index contributed by atoms with van der Waals surface area (Å²) in [5.41, 5.74) is 1.10. The van der Waals surface area contributed by atoms with Crippen LogP contribution < -0.4 is 10.1 Å². The highest BCUT2D eigenvalue weighted by molar-refractivity contribution is 7.89. The van der Waals surface area contributed by atoms with Crippen LogP contribution in [-0.4, -0.2) is 61.2 Å². The Bertz CT molecular complexity index is 1260. The van der Waals surface area contributed by atoms with Crippen molar-refractivity contribution in [2.24, 2.45) is 5.92 Å². The average molecular weight is 527 g/mol. The van der Waals surface area contributed by atoms with Crippen molar-refractivity contribution in [3.05, 3.63) is 90.0 Å². The van der Waals surface area contributed by atoms with Crippen molar-refractivity contribution >= 4 is 15.9 Å². The Morgan fingerprint density at radius 1 is 0.973 bits per heavy atom. The maximum atomic E-state index is 13.5. The average Bonchev–Trinajstić information content (AvgIpc) is 2.88. The Hall–Kier alpha value is -3.40. The van der Waals surface area contributed by atoms with E-state index in [9.17, 15) is 23.4 Å². The summed E-state index contributed by atoms with van der Waals surface area (Å²) in [6, 6.07) is 20.5. The Kier molecular flexibility index (Phi) is 9.68. The summed E-state index contributed by atoms with van der Waals surface area (Å²) in [6.45, 7) is 3.76. The summed E-state index contributed by atoms with van der Waals surface area (Å²) in [7, 11) is -2.43. The van der Waals surface area contributed by atoms with Gasteiger partial charge in [0.15, 0.2) is 0 Å². The molecule has 0 saturated heterocycles. The number of rotatable bonds is 12. The predicted molar refractivity (Wildman–Crippen MR) is 142 cm³/mol. The highest BCUT2D eigenvalue weighted by Crippen LogP contribution is 2.22. The van der Waals surface area contributed by atoms with E-state index in [0.717, 1.165) is 5.56 Å². The summed E-state index contributed by atoms with van der Waals surface area (Å²) < 4.78 is 33.4. The first-order chi connectivity index (χ1) is 17.6. The van der Waals surface area contributed by atoms with Crippen LogP contribution in [0.2, 0.25) is 0 Å². The van der Waals surface area contributed by atoms with Gasteiger partial charge in [-0.25, -0.2) is 8.42 Å². The summed E-state index contributed by atoms with van der Waals surface area (Å²) in [6.07, 6.45) is -0.932. The SMILES string of the molecule is COc1ccc(S(=O)(=O)N(CC(C)C)CC(O)C(Cc2ccccc2)NC(=O)c2cccc(O)c2)cc1. The molecule has 8 nitrogen and oxygen atoms in total. The molecule has 0 aromatic heterocycles. The quantitative estimate of drug-likeness (QED) is 0.333. The molecule has 2 atom stereocenters. The second-order valence-electron chi connectivity index (χ2n) is 9.28. The summed E-state index contributed by atoms with van der Waals surface area (Å²) in [4.78, 5) is 13.1. The molecule has 1 amide bonds. The number of benzene rings is 3. The Balaban J connectivity index is 1.88. The number of nitrogens with one attached hydrogen (secondary N) is 1. The number of carbonyl (C=O) groups excluding carboxylic acids is 1. The van der Waals surface area contributed by atoms with Crippen LogP contribution in [0, 0.1) is 5.92 Å². The van der Waals surface area contributed by atoms with Crippen molar-refractivity contribution < 1.29 is 28.2 Å². The van der Waals surface area contributed by atoms with E-state index in [1.165, 1.54) is 35.7 Å². The normalized spacial score (nSPS) is 13.4. The number of phenolic OH excluding ortho intramolecular Hbond substituents is 1. The van der Waals surface area contributed by atoms with Gasteiger partial charge in [-0.05, 0) is 60.4 Å². The molecule has 0 fully saturated rings. The summed E-state index contributed by atoms with van der Waals surface area (Å²) >= 11 is 0. The number of aromatic hydroxyl groups is 1. The predicted octanol–water partition coefficient (Wildman–Crippen LogP) is 3.45. The third kappa shape index (κ3) is 7.79. The molecule has 37 heavy (non-hydrogen) atoms. The van der Waals surface area contributed by atoms with Crippen LogP contribution in [0.4, 0.5) is 0 Å². The van der Waals surface area contributed by atoms with Gasteiger partial charge in [-0.3, -0.25) is 4.79 Å². The minimum atomic E-state index is -3.94. The first-order valence-electron chi connectivity index (χ1n) is 12.1. The van der Waals surface area contributed by atoms with E-state index in [4.69, 9.17) is 4.74 Å². The minimum Gasteiger partial charge on any atom is -0.508 e. The highest BCUT2D eigenvalue weighted by Gasteiger charge is 2.31. The van der Waals surface area contributed by atoms with E-state index in [0.29, 0.717) is 5.75 Å². The number of nitrogens with zero attached hydrogens (tertiary/aromatic N) is 1. The van der Waals surface area contributed by atoms with E-state index in [-0.39, 0.29) is 41.6 Å². The van der Waals surface area contributed by atoms with E-state index >= 15 is 0 Å². The molecule has 0 bridgehead atoms. The molecule has 3 aromatic carbocycles. The highest BCUT2D eigenvalue weighted by atomic mass is 32.2. The second kappa shape index (κ2) is 12.7. The van der Waals surface area contributed by atoms with Crippen LogP contribution in [0.1, 0.15) is 29.8 Å². The number of aliphatic hydroxyl groups is 1. The molecular weight excluding hydrogens is 492 g/mol. The maximum Gasteiger partial charge on any atom is 0.251 e. The lowest BCUT2D eigenvalue weighted by atomic mass is 10.00. The smallest absolute Gasteiger partial charge is 0.251 e. The van der Waals surface area contributed by atoms with Crippen LogP contribution >= 0.6 is 0 Å². The molecule has 2 unspecified atom stereocenters. The first-order valence-corrected chi connectivity index (χ1v) is 13.5. The molecule has 0 aliphatic rings. The largest absolute Gasteiger partial charge is 0.508 e. The van der Waals surface area contributed by atoms with Crippen molar-refractivity contribution in [2.45, 2.75) is 37.3 Å². The number of hydrogen-bond donors (Lipinski definition) is 3.